The first-order chi connectivity index (χ1) is 4.61. The van der Waals surface area contributed by atoms with Gasteiger partial charge in [-0.05, 0) is 24.7 Å². The minimum absolute atomic E-state index is 0.0104. The van der Waals surface area contributed by atoms with E-state index in [1.165, 1.54) is 0 Å². The average Bonchev–Trinajstić information content (AvgIpc) is 1.82. The fourth-order valence-corrected chi connectivity index (χ4v) is 1.84. The van der Waals surface area contributed by atoms with Gasteiger partial charge in [0.1, 0.15) is 0 Å². The molecule has 1 aliphatic carbocycles. The van der Waals surface area contributed by atoms with Crippen LogP contribution in [0.15, 0.2) is 0 Å². The summed E-state index contributed by atoms with van der Waals surface area (Å²) in [6.07, 6.45) is 1.78. The number of hydrogen-bond donors (Lipinski definition) is 2. The van der Waals surface area contributed by atoms with E-state index in [0.717, 1.165) is 12.8 Å². The quantitative estimate of drug-likeness (QED) is 0.525. The van der Waals surface area contributed by atoms with Crippen LogP contribution in [0, 0.1) is 11.8 Å². The van der Waals surface area contributed by atoms with Crippen LogP contribution >= 0.6 is 0 Å². The lowest BCUT2D eigenvalue weighted by molar-refractivity contribution is 0.0575. The van der Waals surface area contributed by atoms with Crippen LogP contribution in [0.3, 0.4) is 0 Å². The van der Waals surface area contributed by atoms with Crippen LogP contribution in [-0.2, 0) is 0 Å². The third kappa shape index (κ3) is 1.50. The van der Waals surface area contributed by atoms with Crippen LogP contribution in [-0.4, -0.2) is 17.3 Å². The zero-order valence-electron chi connectivity index (χ0n) is 6.75. The molecule has 0 aliphatic heterocycles. The zero-order valence-corrected chi connectivity index (χ0v) is 6.75. The second kappa shape index (κ2) is 2.89. The summed E-state index contributed by atoms with van der Waals surface area (Å²) < 4.78 is 0. The van der Waals surface area contributed by atoms with E-state index in [4.69, 9.17) is 5.73 Å². The summed E-state index contributed by atoms with van der Waals surface area (Å²) in [6.45, 7) is 4.29. The Labute approximate surface area is 62.4 Å². The normalized spacial score (nSPS) is 49.2. The molecule has 0 saturated heterocycles. The Morgan fingerprint density at radius 2 is 1.90 bits per heavy atom. The maximum absolute atomic E-state index is 9.39. The average molecular weight is 143 g/mol. The first-order valence-corrected chi connectivity index (χ1v) is 4.05. The number of aliphatic hydroxyl groups is 1. The molecule has 2 heteroatoms. The highest BCUT2D eigenvalue weighted by Gasteiger charge is 2.29. The Balaban J connectivity index is 2.49. The first-order valence-electron chi connectivity index (χ1n) is 4.05. The molecule has 10 heavy (non-hydrogen) atoms. The van der Waals surface area contributed by atoms with E-state index < -0.39 is 0 Å². The first kappa shape index (κ1) is 8.02. The van der Waals surface area contributed by atoms with Crippen molar-refractivity contribution in [3.63, 3.8) is 0 Å². The van der Waals surface area contributed by atoms with E-state index in [0.29, 0.717) is 11.8 Å². The zero-order chi connectivity index (χ0) is 7.72. The number of nitrogens with two attached hydrogens (primary N) is 1. The molecule has 4 unspecified atom stereocenters. The van der Waals surface area contributed by atoms with Gasteiger partial charge in [-0.15, -0.1) is 0 Å². The van der Waals surface area contributed by atoms with Gasteiger partial charge in [-0.1, -0.05) is 13.8 Å². The Morgan fingerprint density at radius 1 is 1.30 bits per heavy atom. The monoisotopic (exact) mass is 143 g/mol. The molecule has 1 fully saturated rings. The molecule has 1 rings (SSSR count). The van der Waals surface area contributed by atoms with E-state index in [-0.39, 0.29) is 12.1 Å². The molecule has 1 aliphatic rings. The summed E-state index contributed by atoms with van der Waals surface area (Å²) in [5.74, 6) is 1.13. The van der Waals surface area contributed by atoms with Crippen LogP contribution in [0.4, 0.5) is 0 Å². The molecule has 0 aromatic carbocycles. The van der Waals surface area contributed by atoms with Crippen molar-refractivity contribution in [1.82, 2.24) is 0 Å². The van der Waals surface area contributed by atoms with Crippen LogP contribution in [0.5, 0.6) is 0 Å². The molecule has 0 heterocycles. The van der Waals surface area contributed by atoms with Gasteiger partial charge >= 0.3 is 0 Å². The summed E-state index contributed by atoms with van der Waals surface area (Å²) in [5, 5.41) is 9.39. The van der Waals surface area contributed by atoms with Crippen LogP contribution in [0.25, 0.3) is 0 Å². The van der Waals surface area contributed by atoms with Crippen LogP contribution in [0.1, 0.15) is 26.7 Å². The maximum atomic E-state index is 9.39. The van der Waals surface area contributed by atoms with Gasteiger partial charge < -0.3 is 10.8 Å². The fourth-order valence-electron chi connectivity index (χ4n) is 1.84. The van der Waals surface area contributed by atoms with E-state index >= 15 is 0 Å². The molecule has 0 amide bonds. The smallest absolute Gasteiger partial charge is 0.0696 e. The van der Waals surface area contributed by atoms with Gasteiger partial charge in [0.05, 0.1) is 6.10 Å². The predicted octanol–water partition coefficient (Wildman–Crippen LogP) is 0.741. The maximum Gasteiger partial charge on any atom is 0.0696 e. The SMILES string of the molecule is CC1CC(C)C(N)C(O)C1. The van der Waals surface area contributed by atoms with Gasteiger partial charge in [0.15, 0.2) is 0 Å². The van der Waals surface area contributed by atoms with Crippen molar-refractivity contribution in [3.05, 3.63) is 0 Å². The fraction of sp³-hybridized carbons (Fsp3) is 1.00. The Kier molecular flexibility index (Phi) is 2.32. The van der Waals surface area contributed by atoms with E-state index in [2.05, 4.69) is 13.8 Å². The van der Waals surface area contributed by atoms with Crippen molar-refractivity contribution in [3.8, 4) is 0 Å². The number of aliphatic hydroxyl groups excluding tert-OH is 1. The third-order valence-electron chi connectivity index (χ3n) is 2.52. The van der Waals surface area contributed by atoms with Crippen LogP contribution in [0.2, 0.25) is 0 Å². The Hall–Kier alpha value is -0.0800. The topological polar surface area (TPSA) is 46.2 Å². The third-order valence-corrected chi connectivity index (χ3v) is 2.52. The molecular formula is C8H17NO. The van der Waals surface area contributed by atoms with Crippen molar-refractivity contribution in [2.45, 2.75) is 38.8 Å². The largest absolute Gasteiger partial charge is 0.391 e. The molecule has 0 bridgehead atoms. The Bertz CT molecular complexity index is 104. The lowest BCUT2D eigenvalue weighted by Crippen LogP contribution is -2.45. The highest BCUT2D eigenvalue weighted by Crippen LogP contribution is 2.27. The molecule has 0 spiro atoms. The highest BCUT2D eigenvalue weighted by atomic mass is 16.3. The molecule has 1 saturated carbocycles. The molecule has 0 aromatic rings. The Morgan fingerprint density at radius 3 is 2.40 bits per heavy atom. The van der Waals surface area contributed by atoms with E-state index in [9.17, 15) is 5.11 Å². The molecule has 0 radical (unpaired) electrons. The van der Waals surface area contributed by atoms with Crippen molar-refractivity contribution in [1.29, 1.82) is 0 Å². The van der Waals surface area contributed by atoms with Crippen molar-refractivity contribution < 1.29 is 5.11 Å². The van der Waals surface area contributed by atoms with Gasteiger partial charge in [0.2, 0.25) is 0 Å². The highest BCUT2D eigenvalue weighted by molar-refractivity contribution is 4.84. The number of rotatable bonds is 0. The molecule has 0 aromatic heterocycles. The lowest BCUT2D eigenvalue weighted by atomic mass is 9.78. The lowest BCUT2D eigenvalue weighted by Gasteiger charge is -2.34. The van der Waals surface area contributed by atoms with Crippen molar-refractivity contribution >= 4 is 0 Å². The summed E-state index contributed by atoms with van der Waals surface area (Å²) in [5.41, 5.74) is 5.73. The van der Waals surface area contributed by atoms with E-state index in [1.807, 2.05) is 0 Å². The van der Waals surface area contributed by atoms with Gasteiger partial charge in [-0.25, -0.2) is 0 Å². The summed E-state index contributed by atoms with van der Waals surface area (Å²) >= 11 is 0. The summed E-state index contributed by atoms with van der Waals surface area (Å²) in [6, 6.07) is 0.0104. The second-order valence-electron chi connectivity index (χ2n) is 3.70. The van der Waals surface area contributed by atoms with Gasteiger partial charge in [0, 0.05) is 6.04 Å². The minimum Gasteiger partial charge on any atom is -0.391 e. The van der Waals surface area contributed by atoms with Crippen molar-refractivity contribution in [2.75, 3.05) is 0 Å². The molecule has 3 N–H and O–H groups in total. The van der Waals surface area contributed by atoms with Gasteiger partial charge in [0.25, 0.3) is 0 Å². The summed E-state index contributed by atoms with van der Waals surface area (Å²) in [7, 11) is 0. The van der Waals surface area contributed by atoms with Crippen LogP contribution < -0.4 is 5.73 Å². The second-order valence-corrected chi connectivity index (χ2v) is 3.70. The van der Waals surface area contributed by atoms with E-state index in [1.54, 1.807) is 0 Å². The van der Waals surface area contributed by atoms with Gasteiger partial charge in [-0.3, -0.25) is 0 Å². The molecule has 2 nitrogen and oxygen atoms in total. The molecule has 60 valence electrons. The minimum atomic E-state index is -0.265. The standard InChI is InChI=1S/C8H17NO/c1-5-3-6(2)8(9)7(10)4-5/h5-8,10H,3-4,9H2,1-2H3. The van der Waals surface area contributed by atoms with Crippen molar-refractivity contribution in [2.24, 2.45) is 17.6 Å². The molecular weight excluding hydrogens is 126 g/mol. The number of hydrogen-bond acceptors (Lipinski definition) is 2. The van der Waals surface area contributed by atoms with Gasteiger partial charge in [-0.2, -0.15) is 0 Å². The predicted molar refractivity (Wildman–Crippen MR) is 41.5 cm³/mol. The summed E-state index contributed by atoms with van der Waals surface area (Å²) in [4.78, 5) is 0. The molecule has 4 atom stereocenters.